The Bertz CT molecular complexity index is 3050. The third-order valence-corrected chi connectivity index (χ3v) is 14.7. The fourth-order valence-electron chi connectivity index (χ4n) is 11.9. The number of carboxylic acid groups (broad SMARTS) is 1. The number of carboxylic acids is 1. The van der Waals surface area contributed by atoms with Gasteiger partial charge in [-0.25, -0.2) is 0 Å². The third-order valence-electron chi connectivity index (χ3n) is 14.7. The zero-order valence-electron chi connectivity index (χ0n) is 41.3. The van der Waals surface area contributed by atoms with Crippen LogP contribution in [0.2, 0.25) is 0 Å². The average molecular weight is 1040 g/mol. The van der Waals surface area contributed by atoms with Gasteiger partial charge in [-0.2, -0.15) is 36.5 Å². The number of fused-ring (bicyclic) bond motifs is 2. The maximum atomic E-state index is 13.5. The summed E-state index contributed by atoms with van der Waals surface area (Å²) in [6.07, 6.45) is -3.41. The number of nitrogens with zero attached hydrogens (tertiary/aromatic N) is 4. The molecule has 0 saturated heterocycles. The fraction of sp³-hybridized carbons (Fsp3) is 0.444. The molecule has 6 aromatic rings. The molecule has 390 valence electrons. The van der Waals surface area contributed by atoms with E-state index in [0.717, 1.165) is 65.7 Å². The number of carbonyl (C=O) groups excluding carboxylic acids is 3. The van der Waals surface area contributed by atoms with E-state index in [1.165, 1.54) is 31.4 Å². The molecular formula is C54H59F6N6NaO7. The number of hydrogen-bond acceptors (Lipinski definition) is 8. The standard InChI is InChI=1S/C27H28F3N3O3.C26H26F3N3O3.CH4.Na.H2O/c1-16(2)33-20-6-4-5-18(11-17-7-9-19(10-8-17)27(28,29)30)22(20)23(32-33)24(35)31-26-13-25(14-26,15-26)12-21(34)36-3;1-15(2)32-19-5-3-4-17(10-16-6-8-18(9-7-16)26(27,28)29)21(19)22(31-32)23(35)30-25-12-24(13-25,14-25)11-20(33)34;;;/h4-10,16H,11-15H2,1-3H3,(H,31,35);3-9,15H,10-14H2,1-2H3,(H,30,35)(H,33,34);1H4;;1H2/q;;;+1;/p-1. The van der Waals surface area contributed by atoms with Crippen LogP contribution in [0.1, 0.15) is 153 Å². The number of esters is 1. The number of rotatable bonds is 14. The van der Waals surface area contributed by atoms with Crippen molar-refractivity contribution in [3.63, 3.8) is 0 Å². The first-order valence-corrected chi connectivity index (χ1v) is 23.6. The van der Waals surface area contributed by atoms with Crippen molar-refractivity contribution in [2.24, 2.45) is 10.8 Å². The van der Waals surface area contributed by atoms with Gasteiger partial charge in [0, 0.05) is 33.9 Å². The van der Waals surface area contributed by atoms with Gasteiger partial charge in [0.1, 0.15) is 0 Å². The second kappa shape index (κ2) is 20.8. The maximum absolute atomic E-state index is 13.5. The van der Waals surface area contributed by atoms with Crippen LogP contribution in [0.3, 0.4) is 0 Å². The molecule has 4 N–H and O–H groups in total. The number of alkyl halides is 6. The van der Waals surface area contributed by atoms with E-state index in [2.05, 4.69) is 20.8 Å². The minimum Gasteiger partial charge on any atom is -0.870 e. The van der Waals surface area contributed by atoms with Crippen molar-refractivity contribution in [2.75, 3.05) is 7.11 Å². The minimum absolute atomic E-state index is 0. The van der Waals surface area contributed by atoms with E-state index in [1.54, 1.807) is 9.36 Å². The summed E-state index contributed by atoms with van der Waals surface area (Å²) < 4.78 is 86.2. The molecule has 0 aliphatic heterocycles. The number of hydrogen-bond donors (Lipinski definition) is 3. The molecule has 74 heavy (non-hydrogen) atoms. The number of methoxy groups -OCH3 is 1. The van der Waals surface area contributed by atoms with Gasteiger partial charge in [-0.3, -0.25) is 28.5 Å². The monoisotopic (exact) mass is 1040 g/mol. The molecule has 0 unspecified atom stereocenters. The molecule has 12 rings (SSSR count). The van der Waals surface area contributed by atoms with Crippen LogP contribution in [-0.2, 0) is 39.5 Å². The third kappa shape index (κ3) is 11.0. The molecule has 2 aromatic heterocycles. The summed E-state index contributed by atoms with van der Waals surface area (Å²) in [7, 11) is 1.38. The largest absolute Gasteiger partial charge is 1.00 e. The normalized spacial score (nSPS) is 22.0. The van der Waals surface area contributed by atoms with Crippen molar-refractivity contribution < 1.29 is 90.4 Å². The summed E-state index contributed by atoms with van der Waals surface area (Å²) in [4.78, 5) is 49.6. The van der Waals surface area contributed by atoms with Gasteiger partial charge < -0.3 is 26.0 Å². The molecule has 4 bridgehead atoms. The molecule has 4 aromatic carbocycles. The SMILES string of the molecule is C.CC(C)n1nc(C(=O)NC23CC(CC(=O)O)(C2)C3)c2c(Cc3ccc(C(F)(F)F)cc3)cccc21.COC(=O)CC12CC(NC(=O)c3nn(C(C)C)c4cccc(Cc5ccc(C(F)(F)F)cc5)c34)(C1)C2.[Na+].[OH-]. The van der Waals surface area contributed by atoms with Gasteiger partial charge in [0.25, 0.3) is 11.8 Å². The van der Waals surface area contributed by atoms with E-state index in [1.807, 2.05) is 64.1 Å². The predicted molar refractivity (Wildman–Crippen MR) is 259 cm³/mol. The summed E-state index contributed by atoms with van der Waals surface area (Å²) in [5.41, 5.74) is 2.86. The Morgan fingerprint density at radius 3 is 1.28 bits per heavy atom. The number of carbonyl (C=O) groups is 4. The van der Waals surface area contributed by atoms with Crippen LogP contribution in [0, 0.1) is 10.8 Å². The van der Waals surface area contributed by atoms with Crippen LogP contribution in [0.4, 0.5) is 26.3 Å². The van der Waals surface area contributed by atoms with Crippen LogP contribution in [-0.4, -0.2) is 72.1 Å². The number of benzene rings is 4. The quantitative estimate of drug-likeness (QED) is 0.0549. The second-order valence-electron chi connectivity index (χ2n) is 21.0. The summed E-state index contributed by atoms with van der Waals surface area (Å²) >= 11 is 0. The Labute approximate surface area is 446 Å². The van der Waals surface area contributed by atoms with Crippen molar-refractivity contribution in [1.82, 2.24) is 30.2 Å². The van der Waals surface area contributed by atoms with Crippen LogP contribution in [0.5, 0.6) is 0 Å². The number of nitrogens with one attached hydrogen (secondary N) is 2. The van der Waals surface area contributed by atoms with Crippen molar-refractivity contribution in [3.05, 3.63) is 130 Å². The Hall–Kier alpha value is -5.76. The Kier molecular flexibility index (Phi) is 16.1. The Morgan fingerprint density at radius 2 is 0.973 bits per heavy atom. The van der Waals surface area contributed by atoms with Crippen LogP contribution in [0.25, 0.3) is 21.8 Å². The van der Waals surface area contributed by atoms with E-state index in [4.69, 9.17) is 9.84 Å². The minimum atomic E-state index is -4.40. The van der Waals surface area contributed by atoms with Gasteiger partial charge in [-0.15, -0.1) is 0 Å². The molecule has 13 nitrogen and oxygen atoms in total. The van der Waals surface area contributed by atoms with Crippen LogP contribution >= 0.6 is 0 Å². The number of ether oxygens (including phenoxy) is 1. The van der Waals surface area contributed by atoms with E-state index in [9.17, 15) is 45.5 Å². The number of halogens is 6. The molecule has 6 aliphatic rings. The molecule has 0 atom stereocenters. The van der Waals surface area contributed by atoms with Gasteiger partial charge >= 0.3 is 53.8 Å². The molecule has 2 heterocycles. The van der Waals surface area contributed by atoms with Gasteiger partial charge in [0.05, 0.1) is 42.1 Å². The molecule has 20 heteroatoms. The van der Waals surface area contributed by atoms with Crippen LogP contribution in [0.15, 0.2) is 84.9 Å². The van der Waals surface area contributed by atoms with Crippen molar-refractivity contribution in [1.29, 1.82) is 0 Å². The molecule has 0 radical (unpaired) electrons. The first-order valence-electron chi connectivity index (χ1n) is 23.6. The van der Waals surface area contributed by atoms with Gasteiger partial charge in [0.15, 0.2) is 11.4 Å². The van der Waals surface area contributed by atoms with Gasteiger partial charge in [0.2, 0.25) is 0 Å². The van der Waals surface area contributed by atoms with E-state index >= 15 is 0 Å². The van der Waals surface area contributed by atoms with Crippen LogP contribution < -0.4 is 40.2 Å². The maximum Gasteiger partial charge on any atom is 1.00 e. The second-order valence-corrected chi connectivity index (χ2v) is 21.0. The molecule has 2 amide bonds. The first kappa shape index (κ1) is 57.5. The molecule has 0 spiro atoms. The summed E-state index contributed by atoms with van der Waals surface area (Å²) in [5.74, 6) is -1.63. The Balaban J connectivity index is 0.000000232. The summed E-state index contributed by atoms with van der Waals surface area (Å²) in [6.45, 7) is 7.89. The number of amides is 2. The smallest absolute Gasteiger partial charge is 0.870 e. The average Bonchev–Trinajstić information content (AvgIpc) is 3.85. The number of aromatic nitrogens is 4. The zero-order valence-corrected chi connectivity index (χ0v) is 43.3. The van der Waals surface area contributed by atoms with Crippen molar-refractivity contribution >= 4 is 45.6 Å². The van der Waals surface area contributed by atoms with E-state index < -0.39 is 29.4 Å². The van der Waals surface area contributed by atoms with E-state index in [0.29, 0.717) is 66.1 Å². The summed E-state index contributed by atoms with van der Waals surface area (Å²) in [5, 5.41) is 26.0. The first-order chi connectivity index (χ1) is 33.3. The van der Waals surface area contributed by atoms with Crippen molar-refractivity contribution in [3.8, 4) is 0 Å². The van der Waals surface area contributed by atoms with Gasteiger partial charge in [-0.1, -0.05) is 56.0 Å². The molecule has 6 saturated carbocycles. The zero-order chi connectivity index (χ0) is 51.1. The van der Waals surface area contributed by atoms with Gasteiger partial charge in [-0.05, 0) is 149 Å². The molecular weight excluding hydrogens is 982 g/mol. The number of aliphatic carboxylic acids is 1. The van der Waals surface area contributed by atoms with Crippen molar-refractivity contribution in [2.45, 2.75) is 135 Å². The topological polar surface area (TPSA) is 187 Å². The Morgan fingerprint density at radius 1 is 0.622 bits per heavy atom. The predicted octanol–water partition coefficient (Wildman–Crippen LogP) is 8.26. The van der Waals surface area contributed by atoms with E-state index in [-0.39, 0.29) is 106 Å². The molecule has 6 aliphatic carbocycles. The molecule has 6 fully saturated rings. The summed E-state index contributed by atoms with van der Waals surface area (Å²) in [6, 6.07) is 21.4. The fourth-order valence-corrected chi connectivity index (χ4v) is 11.9.